The molecule has 0 amide bonds. The van der Waals surface area contributed by atoms with Crippen LogP contribution in [0.25, 0.3) is 11.1 Å². The molecule has 0 N–H and O–H groups in total. The summed E-state index contributed by atoms with van der Waals surface area (Å²) in [4.78, 5) is 23.0. The number of ether oxygens (including phenoxy) is 2. The van der Waals surface area contributed by atoms with E-state index in [2.05, 4.69) is 9.47 Å². The summed E-state index contributed by atoms with van der Waals surface area (Å²) >= 11 is 0. The van der Waals surface area contributed by atoms with E-state index in [9.17, 15) is 22.8 Å². The van der Waals surface area contributed by atoms with Crippen LogP contribution < -0.4 is 0 Å². The minimum Gasteiger partial charge on any atom is -0.465 e. The normalized spacial score (nSPS) is 11.0. The average molecular weight is 338 g/mol. The molecule has 0 unspecified atom stereocenters. The minimum atomic E-state index is -4.61. The molecule has 0 spiro atoms. The molecule has 7 heteroatoms. The summed E-state index contributed by atoms with van der Waals surface area (Å²) in [5.74, 6) is -1.42. The van der Waals surface area contributed by atoms with Crippen LogP contribution in [-0.4, -0.2) is 26.2 Å². The fourth-order valence-electron chi connectivity index (χ4n) is 2.11. The first-order valence-electron chi connectivity index (χ1n) is 6.75. The van der Waals surface area contributed by atoms with E-state index in [1.807, 2.05) is 0 Å². The van der Waals surface area contributed by atoms with E-state index in [0.29, 0.717) is 5.56 Å². The van der Waals surface area contributed by atoms with E-state index in [0.717, 1.165) is 19.2 Å². The maximum absolute atomic E-state index is 13.0. The van der Waals surface area contributed by atoms with Crippen molar-refractivity contribution in [1.82, 2.24) is 0 Å². The molecule has 0 saturated heterocycles. The van der Waals surface area contributed by atoms with Crippen LogP contribution in [0.15, 0.2) is 42.5 Å². The summed E-state index contributed by atoms with van der Waals surface area (Å²) in [6.07, 6.45) is -4.61. The number of alkyl halides is 3. The van der Waals surface area contributed by atoms with Crippen molar-refractivity contribution < 1.29 is 32.2 Å². The Labute approximate surface area is 135 Å². The highest BCUT2D eigenvalue weighted by Crippen LogP contribution is 2.33. The fraction of sp³-hybridized carbons (Fsp3) is 0.176. The Morgan fingerprint density at radius 1 is 0.792 bits per heavy atom. The van der Waals surface area contributed by atoms with Crippen molar-refractivity contribution in [3.8, 4) is 11.1 Å². The van der Waals surface area contributed by atoms with Gasteiger partial charge in [-0.15, -0.1) is 0 Å². The number of carbonyl (C=O) groups excluding carboxylic acids is 2. The van der Waals surface area contributed by atoms with Crippen LogP contribution >= 0.6 is 0 Å². The summed E-state index contributed by atoms with van der Waals surface area (Å²) in [6.45, 7) is 0. The molecular formula is C17H13F3O4. The van der Waals surface area contributed by atoms with E-state index in [4.69, 9.17) is 0 Å². The van der Waals surface area contributed by atoms with Crippen LogP contribution in [0.4, 0.5) is 13.2 Å². The standard InChI is InChI=1S/C17H13F3O4/c1-23-15(21)11-5-3-10(4-6-11)12-7-13(16(22)24-2)9-14(8-12)17(18,19)20/h3-9H,1-2H3. The van der Waals surface area contributed by atoms with E-state index in [1.165, 1.54) is 37.4 Å². The minimum absolute atomic E-state index is 0.182. The van der Waals surface area contributed by atoms with Gasteiger partial charge in [0.05, 0.1) is 30.9 Å². The molecule has 0 radical (unpaired) electrons. The van der Waals surface area contributed by atoms with E-state index in [1.54, 1.807) is 0 Å². The second-order valence-corrected chi connectivity index (χ2v) is 4.86. The summed E-state index contributed by atoms with van der Waals surface area (Å²) in [5.41, 5.74) is -0.307. The Balaban J connectivity index is 2.52. The number of rotatable bonds is 3. The van der Waals surface area contributed by atoms with Crippen molar-refractivity contribution in [2.45, 2.75) is 6.18 Å². The number of benzene rings is 2. The highest BCUT2D eigenvalue weighted by atomic mass is 19.4. The van der Waals surface area contributed by atoms with E-state index in [-0.39, 0.29) is 16.7 Å². The molecule has 126 valence electrons. The number of methoxy groups -OCH3 is 2. The van der Waals surface area contributed by atoms with Gasteiger partial charge in [0, 0.05) is 0 Å². The van der Waals surface area contributed by atoms with Gasteiger partial charge in [-0.3, -0.25) is 0 Å². The zero-order valence-corrected chi connectivity index (χ0v) is 12.8. The van der Waals surface area contributed by atoms with Gasteiger partial charge in [-0.1, -0.05) is 12.1 Å². The summed E-state index contributed by atoms with van der Waals surface area (Å²) < 4.78 is 48.2. The predicted molar refractivity (Wildman–Crippen MR) is 79.6 cm³/mol. The van der Waals surface area contributed by atoms with Gasteiger partial charge in [0.15, 0.2) is 0 Å². The highest BCUT2D eigenvalue weighted by molar-refractivity contribution is 5.92. The first-order chi connectivity index (χ1) is 11.3. The molecule has 0 atom stereocenters. The second-order valence-electron chi connectivity index (χ2n) is 4.86. The Bertz CT molecular complexity index is 764. The lowest BCUT2D eigenvalue weighted by Crippen LogP contribution is -2.09. The third-order valence-corrected chi connectivity index (χ3v) is 3.32. The number of carbonyl (C=O) groups is 2. The molecule has 0 aliphatic rings. The summed E-state index contributed by atoms with van der Waals surface area (Å²) in [6, 6.07) is 8.77. The maximum Gasteiger partial charge on any atom is 0.416 e. The van der Waals surface area contributed by atoms with Crippen LogP contribution in [-0.2, 0) is 15.7 Å². The molecule has 0 saturated carbocycles. The lowest BCUT2D eigenvalue weighted by atomic mass is 9.98. The van der Waals surface area contributed by atoms with Crippen LogP contribution in [0.3, 0.4) is 0 Å². The molecule has 0 heterocycles. The smallest absolute Gasteiger partial charge is 0.416 e. The molecular weight excluding hydrogens is 325 g/mol. The summed E-state index contributed by atoms with van der Waals surface area (Å²) in [5, 5.41) is 0. The van der Waals surface area contributed by atoms with Crippen molar-refractivity contribution in [3.05, 3.63) is 59.2 Å². The Morgan fingerprint density at radius 2 is 1.33 bits per heavy atom. The monoisotopic (exact) mass is 338 g/mol. The predicted octanol–water partition coefficient (Wildman–Crippen LogP) is 3.95. The van der Waals surface area contributed by atoms with Crippen LogP contribution in [0.1, 0.15) is 26.3 Å². The second kappa shape index (κ2) is 6.74. The number of halogens is 3. The first kappa shape index (κ1) is 17.5. The maximum atomic E-state index is 13.0. The summed E-state index contributed by atoms with van der Waals surface area (Å²) in [7, 11) is 2.32. The zero-order chi connectivity index (χ0) is 17.9. The molecule has 4 nitrogen and oxygen atoms in total. The van der Waals surface area contributed by atoms with Gasteiger partial charge in [0.2, 0.25) is 0 Å². The quantitative estimate of drug-likeness (QED) is 0.796. The largest absolute Gasteiger partial charge is 0.465 e. The third-order valence-electron chi connectivity index (χ3n) is 3.32. The Hall–Kier alpha value is -2.83. The van der Waals surface area contributed by atoms with Gasteiger partial charge in [-0.05, 0) is 41.5 Å². The van der Waals surface area contributed by atoms with Gasteiger partial charge in [0.25, 0.3) is 0 Å². The van der Waals surface area contributed by atoms with Crippen molar-refractivity contribution in [2.24, 2.45) is 0 Å². The molecule has 0 aromatic heterocycles. The van der Waals surface area contributed by atoms with Crippen LogP contribution in [0.5, 0.6) is 0 Å². The fourth-order valence-corrected chi connectivity index (χ4v) is 2.11. The molecule has 2 rings (SSSR count). The third kappa shape index (κ3) is 3.73. The topological polar surface area (TPSA) is 52.6 Å². The van der Waals surface area contributed by atoms with Gasteiger partial charge < -0.3 is 9.47 Å². The van der Waals surface area contributed by atoms with E-state index < -0.39 is 23.7 Å². The average Bonchev–Trinajstić information content (AvgIpc) is 2.59. The molecule has 0 aliphatic carbocycles. The van der Waals surface area contributed by atoms with Gasteiger partial charge >= 0.3 is 18.1 Å². The van der Waals surface area contributed by atoms with Gasteiger partial charge in [-0.25, -0.2) is 9.59 Å². The molecule has 0 aliphatic heterocycles. The van der Waals surface area contributed by atoms with Crippen molar-refractivity contribution in [1.29, 1.82) is 0 Å². The molecule has 2 aromatic rings. The highest BCUT2D eigenvalue weighted by Gasteiger charge is 2.32. The van der Waals surface area contributed by atoms with Crippen LogP contribution in [0, 0.1) is 0 Å². The number of hydrogen-bond donors (Lipinski definition) is 0. The van der Waals surface area contributed by atoms with Gasteiger partial charge in [-0.2, -0.15) is 13.2 Å². The van der Waals surface area contributed by atoms with Crippen molar-refractivity contribution in [2.75, 3.05) is 14.2 Å². The Kier molecular flexibility index (Phi) is 4.92. The van der Waals surface area contributed by atoms with Gasteiger partial charge in [0.1, 0.15) is 0 Å². The zero-order valence-electron chi connectivity index (χ0n) is 12.8. The lowest BCUT2D eigenvalue weighted by Gasteiger charge is -2.12. The Morgan fingerprint density at radius 3 is 1.83 bits per heavy atom. The van der Waals surface area contributed by atoms with E-state index >= 15 is 0 Å². The number of esters is 2. The SMILES string of the molecule is COC(=O)c1ccc(-c2cc(C(=O)OC)cc(C(F)(F)F)c2)cc1. The molecule has 0 bridgehead atoms. The molecule has 2 aromatic carbocycles. The molecule has 24 heavy (non-hydrogen) atoms. The van der Waals surface area contributed by atoms with Crippen molar-refractivity contribution >= 4 is 11.9 Å². The first-order valence-corrected chi connectivity index (χ1v) is 6.75. The van der Waals surface area contributed by atoms with Crippen molar-refractivity contribution in [3.63, 3.8) is 0 Å². The molecule has 0 fully saturated rings. The number of hydrogen-bond acceptors (Lipinski definition) is 4. The lowest BCUT2D eigenvalue weighted by molar-refractivity contribution is -0.137. The van der Waals surface area contributed by atoms with Crippen LogP contribution in [0.2, 0.25) is 0 Å².